The molecule has 0 fully saturated rings. The number of nitrogens with one attached hydrogen (secondary N) is 1. The molecule has 0 spiro atoms. The lowest BCUT2D eigenvalue weighted by atomic mass is 10.1. The van der Waals surface area contributed by atoms with E-state index in [1.807, 2.05) is 0 Å². The van der Waals surface area contributed by atoms with Crippen molar-refractivity contribution in [1.82, 2.24) is 0 Å². The molecular weight excluding hydrogens is 395 g/mol. The Balaban J connectivity index is 2.15. The van der Waals surface area contributed by atoms with Crippen molar-refractivity contribution in [2.45, 2.75) is 18.0 Å². The number of nitro groups is 1. The zero-order chi connectivity index (χ0) is 20.0. The highest BCUT2D eigenvalue weighted by molar-refractivity contribution is 6.55. The molecule has 0 heterocycles. The smallest absolute Gasteiger partial charge is 0.269 e. The molecule has 0 amide bonds. The number of ketones is 2. The van der Waals surface area contributed by atoms with Crippen molar-refractivity contribution in [3.63, 3.8) is 0 Å². The van der Waals surface area contributed by atoms with Gasteiger partial charge in [0, 0.05) is 35.6 Å². The maximum Gasteiger partial charge on any atom is 0.269 e. The highest BCUT2D eigenvalue weighted by atomic mass is 35.5. The van der Waals surface area contributed by atoms with Crippen molar-refractivity contribution in [3.05, 3.63) is 69.8 Å². The Morgan fingerprint density at radius 2 is 1.56 bits per heavy atom. The van der Waals surface area contributed by atoms with Gasteiger partial charge in [-0.25, -0.2) is 0 Å². The van der Waals surface area contributed by atoms with Crippen LogP contribution in [-0.4, -0.2) is 34.2 Å². The van der Waals surface area contributed by atoms with E-state index in [1.165, 1.54) is 36.4 Å². The molecule has 142 valence electrons. The Hall–Kier alpha value is -2.48. The van der Waals surface area contributed by atoms with Gasteiger partial charge in [0.1, 0.15) is 0 Å². The molecule has 0 saturated heterocycles. The van der Waals surface area contributed by atoms with Crippen molar-refractivity contribution < 1.29 is 19.2 Å². The maximum atomic E-state index is 12.6. The van der Waals surface area contributed by atoms with Crippen molar-refractivity contribution in [3.8, 4) is 0 Å². The third-order valence-electron chi connectivity index (χ3n) is 3.60. The van der Waals surface area contributed by atoms with E-state index in [-0.39, 0.29) is 23.6 Å². The molecule has 1 N–H and O–H groups in total. The highest BCUT2D eigenvalue weighted by Gasteiger charge is 2.21. The van der Waals surface area contributed by atoms with Gasteiger partial charge in [0.2, 0.25) is 5.78 Å². The van der Waals surface area contributed by atoms with Crippen LogP contribution in [0.1, 0.15) is 27.6 Å². The van der Waals surface area contributed by atoms with Gasteiger partial charge in [0.25, 0.3) is 5.69 Å². The summed E-state index contributed by atoms with van der Waals surface area (Å²) >= 11 is 11.1. The predicted octanol–water partition coefficient (Wildman–Crippen LogP) is 4.24. The van der Waals surface area contributed by atoms with Crippen LogP contribution in [0.3, 0.4) is 0 Å². The summed E-state index contributed by atoms with van der Waals surface area (Å²) in [6, 6.07) is 11.5. The van der Waals surface area contributed by atoms with Crippen LogP contribution in [0.25, 0.3) is 0 Å². The van der Waals surface area contributed by atoms with Gasteiger partial charge in [0.05, 0.1) is 4.92 Å². The highest BCUT2D eigenvalue weighted by Crippen LogP contribution is 2.18. The van der Waals surface area contributed by atoms with Gasteiger partial charge in [-0.05, 0) is 43.3 Å². The largest absolute Gasteiger partial charge is 0.354 e. The summed E-state index contributed by atoms with van der Waals surface area (Å²) in [5, 5.41) is 13.6. The topological polar surface area (TPSA) is 98.5 Å². The average Bonchev–Trinajstić information content (AvgIpc) is 2.67. The first-order valence-corrected chi connectivity index (χ1v) is 8.80. The van der Waals surface area contributed by atoms with Crippen molar-refractivity contribution >= 4 is 46.1 Å². The van der Waals surface area contributed by atoms with Crippen LogP contribution < -0.4 is 5.32 Å². The molecule has 0 saturated carbocycles. The lowest BCUT2D eigenvalue weighted by molar-refractivity contribution is -0.384. The first-order valence-electron chi connectivity index (χ1n) is 7.92. The fourth-order valence-corrected chi connectivity index (χ4v) is 2.51. The molecule has 9 heteroatoms. The molecule has 0 radical (unpaired) electrons. The average molecular weight is 411 g/mol. The molecule has 27 heavy (non-hydrogen) atoms. The number of anilines is 1. The molecular formula is C18H16Cl2N2O5. The quantitative estimate of drug-likeness (QED) is 0.218. The zero-order valence-electron chi connectivity index (χ0n) is 14.2. The first kappa shape index (κ1) is 20.8. The fraction of sp³-hybridized carbons (Fsp3) is 0.222. The lowest BCUT2D eigenvalue weighted by Gasteiger charge is -2.19. The van der Waals surface area contributed by atoms with E-state index in [4.69, 9.17) is 27.9 Å². The van der Waals surface area contributed by atoms with E-state index >= 15 is 0 Å². The molecule has 2 rings (SSSR count). The van der Waals surface area contributed by atoms with Crippen LogP contribution >= 0.6 is 23.2 Å². The number of carbonyl (C=O) groups is 2. The van der Waals surface area contributed by atoms with E-state index in [0.29, 0.717) is 11.3 Å². The molecule has 0 aliphatic rings. The Kier molecular flexibility index (Phi) is 7.29. The molecule has 2 aromatic rings. The van der Waals surface area contributed by atoms with Crippen LogP contribution in [0.5, 0.6) is 0 Å². The molecule has 7 nitrogen and oxygen atoms in total. The van der Waals surface area contributed by atoms with Crippen LogP contribution in [0.2, 0.25) is 0 Å². The Morgan fingerprint density at radius 1 is 1.04 bits per heavy atom. The summed E-state index contributed by atoms with van der Waals surface area (Å²) in [5.41, 5.74) is 1.04. The van der Waals surface area contributed by atoms with Crippen LogP contribution in [0.4, 0.5) is 11.4 Å². The zero-order valence-corrected chi connectivity index (χ0v) is 15.7. The van der Waals surface area contributed by atoms with E-state index < -0.39 is 21.8 Å². The van der Waals surface area contributed by atoms with E-state index in [0.717, 1.165) is 0 Å². The second-order valence-corrected chi connectivity index (χ2v) is 6.49. The number of rotatable bonds is 9. The first-order chi connectivity index (χ1) is 12.8. The minimum Gasteiger partial charge on any atom is -0.354 e. The normalized spacial score (nSPS) is 11.9. The van der Waals surface area contributed by atoms with Gasteiger partial charge in [-0.15, -0.1) is 0 Å². The molecule has 0 aliphatic carbocycles. The number of alkyl halides is 2. The van der Waals surface area contributed by atoms with E-state index in [2.05, 4.69) is 5.32 Å². The Bertz CT molecular complexity index is 823. The number of hydrogen-bond acceptors (Lipinski definition) is 6. The van der Waals surface area contributed by atoms with E-state index in [9.17, 15) is 19.7 Å². The lowest BCUT2D eigenvalue weighted by Crippen LogP contribution is -2.32. The number of nitro benzene ring substituents is 1. The summed E-state index contributed by atoms with van der Waals surface area (Å²) in [5.74, 6) is -0.804. The van der Waals surface area contributed by atoms with Crippen LogP contribution in [-0.2, 0) is 4.74 Å². The summed E-state index contributed by atoms with van der Waals surface area (Å²) in [6.07, 6.45) is -0.994. The molecule has 2 aromatic carbocycles. The molecule has 0 bridgehead atoms. The molecule has 1 atom stereocenters. The number of carbonyl (C=O) groups excluding carboxylic acids is 2. The SMILES string of the molecule is CCOC(Nc1ccc(C(=O)C(Cl)Cl)cc1)C(=O)c1ccc([N+](=O)[O-])cc1. The van der Waals surface area contributed by atoms with Gasteiger partial charge < -0.3 is 10.1 Å². The number of benzene rings is 2. The summed E-state index contributed by atoms with van der Waals surface area (Å²) in [7, 11) is 0. The summed E-state index contributed by atoms with van der Waals surface area (Å²) in [4.78, 5) is 33.4. The predicted molar refractivity (Wildman–Crippen MR) is 103 cm³/mol. The van der Waals surface area contributed by atoms with Gasteiger partial charge in [-0.3, -0.25) is 19.7 Å². The third-order valence-corrected chi connectivity index (χ3v) is 4.00. The number of Topliss-reactive ketones (excluding diaryl/α,β-unsaturated/α-hetero) is 2. The maximum absolute atomic E-state index is 12.6. The molecule has 0 aromatic heterocycles. The summed E-state index contributed by atoms with van der Waals surface area (Å²) < 4.78 is 5.45. The van der Waals surface area contributed by atoms with Gasteiger partial charge >= 0.3 is 0 Å². The minimum atomic E-state index is -1.15. The van der Waals surface area contributed by atoms with Gasteiger partial charge in [-0.2, -0.15) is 0 Å². The van der Waals surface area contributed by atoms with E-state index in [1.54, 1.807) is 19.1 Å². The van der Waals surface area contributed by atoms with Crippen molar-refractivity contribution in [2.75, 3.05) is 11.9 Å². The Morgan fingerprint density at radius 3 is 2.04 bits per heavy atom. The van der Waals surface area contributed by atoms with Crippen LogP contribution in [0.15, 0.2) is 48.5 Å². The number of non-ortho nitro benzene ring substituents is 1. The van der Waals surface area contributed by atoms with Crippen molar-refractivity contribution in [2.24, 2.45) is 0 Å². The fourth-order valence-electron chi connectivity index (χ4n) is 2.26. The van der Waals surface area contributed by atoms with Crippen molar-refractivity contribution in [1.29, 1.82) is 0 Å². The standard InChI is InChI=1S/C18H16Cl2N2O5/c1-2-27-18(16(24)12-5-9-14(10-6-12)22(25)26)21-13-7-3-11(4-8-13)15(23)17(19)20/h3-10,17-18,21H,2H2,1H3. The van der Waals surface area contributed by atoms with Gasteiger partial charge in [0.15, 0.2) is 16.8 Å². The van der Waals surface area contributed by atoms with Gasteiger partial charge in [-0.1, -0.05) is 23.2 Å². The monoisotopic (exact) mass is 410 g/mol. The summed E-state index contributed by atoms with van der Waals surface area (Å²) in [6.45, 7) is 2.01. The second kappa shape index (κ2) is 9.45. The number of hydrogen-bond donors (Lipinski definition) is 1. The Labute approximate surface area is 165 Å². The second-order valence-electron chi connectivity index (χ2n) is 5.39. The van der Waals surface area contributed by atoms with Crippen LogP contribution in [0, 0.1) is 10.1 Å². The molecule has 1 unspecified atom stereocenters. The molecule has 0 aliphatic heterocycles. The minimum absolute atomic E-state index is 0.107. The number of nitrogens with zero attached hydrogens (tertiary/aromatic N) is 1. The number of halogens is 2. The number of ether oxygens (including phenoxy) is 1. The third kappa shape index (κ3) is 5.50.